The Morgan fingerprint density at radius 3 is 2.00 bits per heavy atom. The summed E-state index contributed by atoms with van der Waals surface area (Å²) in [5, 5.41) is 0. The van der Waals surface area contributed by atoms with Crippen molar-refractivity contribution in [3.63, 3.8) is 0 Å². The molecule has 1 unspecified atom stereocenters. The molecule has 0 aliphatic carbocycles. The van der Waals surface area contributed by atoms with Crippen LogP contribution in [0.3, 0.4) is 0 Å². The molecule has 2 heteroatoms. The second kappa shape index (κ2) is 5.55. The van der Waals surface area contributed by atoms with Gasteiger partial charge in [-0.25, -0.2) is 0 Å². The summed E-state index contributed by atoms with van der Waals surface area (Å²) in [7, 11) is 2.13. The fourth-order valence-electron chi connectivity index (χ4n) is 1.26. The van der Waals surface area contributed by atoms with Crippen LogP contribution in [0.4, 0.5) is 0 Å². The molecule has 0 amide bonds. The van der Waals surface area contributed by atoms with Gasteiger partial charge in [-0.1, -0.05) is 13.8 Å². The van der Waals surface area contributed by atoms with Gasteiger partial charge in [0.15, 0.2) is 0 Å². The van der Waals surface area contributed by atoms with Gasteiger partial charge in [0.05, 0.1) is 0 Å². The Kier molecular flexibility index (Phi) is 5.51. The van der Waals surface area contributed by atoms with E-state index >= 15 is 0 Å². The molecule has 0 radical (unpaired) electrons. The lowest BCUT2D eigenvalue weighted by Gasteiger charge is -2.25. The largest absolute Gasteiger partial charge is 0.327 e. The molecule has 74 valence electrons. The molecule has 0 aromatic carbocycles. The molecule has 2 nitrogen and oxygen atoms in total. The molecule has 1 atom stereocenters. The molecular weight excluding hydrogens is 148 g/mol. The predicted molar refractivity (Wildman–Crippen MR) is 55.2 cm³/mol. The van der Waals surface area contributed by atoms with E-state index in [0.717, 1.165) is 13.0 Å². The number of hydrogen-bond acceptors (Lipinski definition) is 2. The van der Waals surface area contributed by atoms with Crippen LogP contribution in [0.25, 0.3) is 0 Å². The highest BCUT2D eigenvalue weighted by molar-refractivity contribution is 4.69. The lowest BCUT2D eigenvalue weighted by atomic mass is 10.0. The van der Waals surface area contributed by atoms with Crippen molar-refractivity contribution in [1.82, 2.24) is 4.90 Å². The van der Waals surface area contributed by atoms with E-state index in [-0.39, 0.29) is 0 Å². The Morgan fingerprint density at radius 1 is 1.17 bits per heavy atom. The van der Waals surface area contributed by atoms with Gasteiger partial charge in [0.2, 0.25) is 0 Å². The zero-order chi connectivity index (χ0) is 9.72. The van der Waals surface area contributed by atoms with Crippen LogP contribution in [0.1, 0.15) is 34.1 Å². The average molecular weight is 172 g/mol. The summed E-state index contributed by atoms with van der Waals surface area (Å²) >= 11 is 0. The van der Waals surface area contributed by atoms with E-state index in [1.165, 1.54) is 0 Å². The second-order valence-electron chi connectivity index (χ2n) is 4.42. The quantitative estimate of drug-likeness (QED) is 0.684. The maximum absolute atomic E-state index is 5.97. The van der Waals surface area contributed by atoms with E-state index < -0.39 is 0 Å². The third kappa shape index (κ3) is 5.56. The first kappa shape index (κ1) is 11.9. The Hall–Kier alpha value is -0.0800. The van der Waals surface area contributed by atoms with Crippen molar-refractivity contribution in [3.05, 3.63) is 0 Å². The first-order valence-electron chi connectivity index (χ1n) is 4.89. The molecule has 2 N–H and O–H groups in total. The zero-order valence-electron chi connectivity index (χ0n) is 9.17. The normalized spacial score (nSPS) is 14.8. The third-order valence-corrected chi connectivity index (χ3v) is 2.18. The van der Waals surface area contributed by atoms with Crippen molar-refractivity contribution in [2.75, 3.05) is 13.6 Å². The summed E-state index contributed by atoms with van der Waals surface area (Å²) in [6.07, 6.45) is 1.12. The van der Waals surface area contributed by atoms with Gasteiger partial charge in [-0.05, 0) is 33.2 Å². The summed E-state index contributed by atoms with van der Waals surface area (Å²) in [4.78, 5) is 2.30. The SMILES string of the molecule is CC(C)CC(N)CN(C)C(C)C. The van der Waals surface area contributed by atoms with Crippen molar-refractivity contribution < 1.29 is 0 Å². The molecule has 0 bridgehead atoms. The van der Waals surface area contributed by atoms with Crippen molar-refractivity contribution in [1.29, 1.82) is 0 Å². The van der Waals surface area contributed by atoms with Gasteiger partial charge >= 0.3 is 0 Å². The van der Waals surface area contributed by atoms with Crippen molar-refractivity contribution in [3.8, 4) is 0 Å². The first-order valence-corrected chi connectivity index (χ1v) is 4.89. The first-order chi connectivity index (χ1) is 5.43. The van der Waals surface area contributed by atoms with Gasteiger partial charge in [-0.3, -0.25) is 0 Å². The Labute approximate surface area is 77.1 Å². The third-order valence-electron chi connectivity index (χ3n) is 2.18. The minimum absolute atomic E-state index is 0.331. The van der Waals surface area contributed by atoms with Crippen LogP contribution in [-0.2, 0) is 0 Å². The van der Waals surface area contributed by atoms with Gasteiger partial charge in [-0.2, -0.15) is 0 Å². The minimum Gasteiger partial charge on any atom is -0.327 e. The fourth-order valence-corrected chi connectivity index (χ4v) is 1.26. The number of rotatable bonds is 5. The van der Waals surface area contributed by atoms with E-state index in [1.807, 2.05) is 0 Å². The topological polar surface area (TPSA) is 29.3 Å². The highest BCUT2D eigenvalue weighted by Gasteiger charge is 2.10. The Bertz CT molecular complexity index is 110. The maximum atomic E-state index is 5.97. The van der Waals surface area contributed by atoms with E-state index in [4.69, 9.17) is 5.73 Å². The highest BCUT2D eigenvalue weighted by atomic mass is 15.1. The molecule has 0 fully saturated rings. The van der Waals surface area contributed by atoms with Gasteiger partial charge in [0.1, 0.15) is 0 Å². The summed E-state index contributed by atoms with van der Waals surface area (Å²) in [6, 6.07) is 0.931. The van der Waals surface area contributed by atoms with E-state index in [2.05, 4.69) is 39.6 Å². The zero-order valence-corrected chi connectivity index (χ0v) is 9.17. The lowest BCUT2D eigenvalue weighted by molar-refractivity contribution is 0.246. The van der Waals surface area contributed by atoms with Crippen LogP contribution in [0.15, 0.2) is 0 Å². The second-order valence-corrected chi connectivity index (χ2v) is 4.42. The number of nitrogens with two attached hydrogens (primary N) is 1. The number of nitrogens with zero attached hydrogens (tertiary/aromatic N) is 1. The van der Waals surface area contributed by atoms with Crippen LogP contribution in [0, 0.1) is 5.92 Å². The molecule has 0 saturated heterocycles. The smallest absolute Gasteiger partial charge is 0.0170 e. The van der Waals surface area contributed by atoms with Crippen LogP contribution < -0.4 is 5.73 Å². The van der Waals surface area contributed by atoms with Crippen molar-refractivity contribution >= 4 is 0 Å². The van der Waals surface area contributed by atoms with Gasteiger partial charge < -0.3 is 10.6 Å². The molecule has 12 heavy (non-hydrogen) atoms. The van der Waals surface area contributed by atoms with Gasteiger partial charge in [0, 0.05) is 18.6 Å². The van der Waals surface area contributed by atoms with Gasteiger partial charge in [0.25, 0.3) is 0 Å². The van der Waals surface area contributed by atoms with Crippen LogP contribution in [-0.4, -0.2) is 30.6 Å². The molecule has 0 spiro atoms. The number of hydrogen-bond donors (Lipinski definition) is 1. The molecule has 0 aromatic rings. The van der Waals surface area contributed by atoms with E-state index in [0.29, 0.717) is 18.0 Å². The summed E-state index contributed by atoms with van der Waals surface area (Å²) in [6.45, 7) is 9.84. The maximum Gasteiger partial charge on any atom is 0.0170 e. The van der Waals surface area contributed by atoms with E-state index in [9.17, 15) is 0 Å². The molecule has 0 aliphatic heterocycles. The summed E-state index contributed by atoms with van der Waals surface area (Å²) in [5.41, 5.74) is 5.97. The van der Waals surface area contributed by atoms with Crippen molar-refractivity contribution in [2.24, 2.45) is 11.7 Å². The van der Waals surface area contributed by atoms with Crippen LogP contribution in [0.5, 0.6) is 0 Å². The van der Waals surface area contributed by atoms with Crippen LogP contribution in [0.2, 0.25) is 0 Å². The predicted octanol–water partition coefficient (Wildman–Crippen LogP) is 1.70. The molecule has 0 rings (SSSR count). The molecule has 0 heterocycles. The lowest BCUT2D eigenvalue weighted by Crippen LogP contribution is -2.39. The average Bonchev–Trinajstić information content (AvgIpc) is 1.84. The minimum atomic E-state index is 0.331. The monoisotopic (exact) mass is 172 g/mol. The Morgan fingerprint density at radius 2 is 1.67 bits per heavy atom. The van der Waals surface area contributed by atoms with Gasteiger partial charge in [-0.15, -0.1) is 0 Å². The standard InChI is InChI=1S/C10H24N2/c1-8(2)6-10(11)7-12(5)9(3)4/h8-10H,6-7,11H2,1-5H3. The van der Waals surface area contributed by atoms with Crippen LogP contribution >= 0.6 is 0 Å². The molecule has 0 aliphatic rings. The molecule has 0 saturated carbocycles. The number of likely N-dealkylation sites (N-methyl/N-ethyl adjacent to an activating group) is 1. The highest BCUT2D eigenvalue weighted by Crippen LogP contribution is 2.04. The summed E-state index contributed by atoms with van der Waals surface area (Å²) in [5.74, 6) is 0.709. The molecular formula is C10H24N2. The molecule has 0 aromatic heterocycles. The van der Waals surface area contributed by atoms with Crippen molar-refractivity contribution in [2.45, 2.75) is 46.2 Å². The fraction of sp³-hybridized carbons (Fsp3) is 1.00. The summed E-state index contributed by atoms with van der Waals surface area (Å²) < 4.78 is 0. The Balaban J connectivity index is 3.61. The van der Waals surface area contributed by atoms with E-state index in [1.54, 1.807) is 0 Å².